The molecule has 3 heteroatoms. The molecule has 2 atom stereocenters. The molecule has 1 N–H and O–H groups in total. The van der Waals surface area contributed by atoms with Crippen LogP contribution in [0.2, 0.25) is 0 Å². The van der Waals surface area contributed by atoms with E-state index in [1.807, 2.05) is 0 Å². The topological polar surface area (TPSA) is 24.5 Å². The second-order valence-electron chi connectivity index (χ2n) is 6.14. The van der Waals surface area contributed by atoms with E-state index in [9.17, 15) is 0 Å². The lowest BCUT2D eigenvalue weighted by molar-refractivity contribution is 0.142. The van der Waals surface area contributed by atoms with E-state index in [2.05, 4.69) is 58.7 Å². The summed E-state index contributed by atoms with van der Waals surface area (Å²) in [5.74, 6) is 1.42. The summed E-state index contributed by atoms with van der Waals surface area (Å²) < 4.78 is 5.71. The lowest BCUT2D eigenvalue weighted by Gasteiger charge is -2.44. The number of nitrogens with zero attached hydrogens (tertiary/aromatic N) is 1. The third kappa shape index (κ3) is 2.21. The Bertz CT molecular complexity index is 656. The molecular formula is C19H22N2O. The molecule has 1 fully saturated rings. The Labute approximate surface area is 131 Å². The molecule has 0 saturated carbocycles. The van der Waals surface area contributed by atoms with Gasteiger partial charge in [-0.05, 0) is 17.2 Å². The van der Waals surface area contributed by atoms with E-state index >= 15 is 0 Å². The van der Waals surface area contributed by atoms with Gasteiger partial charge in [0.05, 0.1) is 7.11 Å². The molecule has 0 radical (unpaired) electrons. The zero-order valence-corrected chi connectivity index (χ0v) is 13.0. The Balaban J connectivity index is 1.86. The Morgan fingerprint density at radius 1 is 1.09 bits per heavy atom. The number of nitrogens with one attached hydrogen (secondary N) is 1. The minimum Gasteiger partial charge on any atom is -0.496 e. The second kappa shape index (κ2) is 5.75. The summed E-state index contributed by atoms with van der Waals surface area (Å²) in [5, 5.41) is 3.53. The van der Waals surface area contributed by atoms with Crippen molar-refractivity contribution in [2.24, 2.45) is 0 Å². The standard InChI is InChI=1S/C19H22N2O/c1-22-18-9-5-8-15-17-12-20-10-11-21(17)13-16(19(15)18)14-6-3-2-4-7-14/h2-9,16-17,20H,10-13H2,1H3/t16-,17-/m1/s1. The van der Waals surface area contributed by atoms with Crippen LogP contribution in [0.25, 0.3) is 0 Å². The van der Waals surface area contributed by atoms with Gasteiger partial charge in [0.1, 0.15) is 5.75 Å². The van der Waals surface area contributed by atoms with Crippen molar-refractivity contribution in [1.82, 2.24) is 10.2 Å². The second-order valence-corrected chi connectivity index (χ2v) is 6.14. The number of methoxy groups -OCH3 is 1. The van der Waals surface area contributed by atoms with Gasteiger partial charge in [0, 0.05) is 43.7 Å². The highest BCUT2D eigenvalue weighted by atomic mass is 16.5. The van der Waals surface area contributed by atoms with Gasteiger partial charge in [-0.15, -0.1) is 0 Å². The largest absolute Gasteiger partial charge is 0.496 e. The number of benzene rings is 2. The summed E-state index contributed by atoms with van der Waals surface area (Å²) >= 11 is 0. The molecule has 2 heterocycles. The predicted octanol–water partition coefficient (Wildman–Crippen LogP) is 2.79. The van der Waals surface area contributed by atoms with Crippen molar-refractivity contribution in [1.29, 1.82) is 0 Å². The van der Waals surface area contributed by atoms with Crippen LogP contribution >= 0.6 is 0 Å². The fourth-order valence-corrected chi connectivity index (χ4v) is 3.96. The fourth-order valence-electron chi connectivity index (χ4n) is 3.96. The van der Waals surface area contributed by atoms with Gasteiger partial charge >= 0.3 is 0 Å². The first-order chi connectivity index (χ1) is 10.9. The van der Waals surface area contributed by atoms with Crippen molar-refractivity contribution in [2.45, 2.75) is 12.0 Å². The summed E-state index contributed by atoms with van der Waals surface area (Å²) in [6.45, 7) is 4.30. The smallest absolute Gasteiger partial charge is 0.123 e. The van der Waals surface area contributed by atoms with E-state index in [-0.39, 0.29) is 0 Å². The number of ether oxygens (including phenoxy) is 1. The van der Waals surface area contributed by atoms with Crippen LogP contribution in [0.3, 0.4) is 0 Å². The molecule has 0 aliphatic carbocycles. The zero-order valence-electron chi connectivity index (χ0n) is 13.0. The Hall–Kier alpha value is -1.84. The van der Waals surface area contributed by atoms with Gasteiger partial charge in [-0.25, -0.2) is 0 Å². The maximum atomic E-state index is 5.71. The molecule has 2 aromatic carbocycles. The lowest BCUT2D eigenvalue weighted by atomic mass is 9.80. The Kier molecular flexibility index (Phi) is 3.60. The van der Waals surface area contributed by atoms with Crippen molar-refractivity contribution >= 4 is 0 Å². The average Bonchev–Trinajstić information content (AvgIpc) is 2.61. The minimum atomic E-state index is 0.390. The molecule has 0 aromatic heterocycles. The molecule has 2 aliphatic rings. The molecule has 114 valence electrons. The van der Waals surface area contributed by atoms with Crippen LogP contribution in [0.4, 0.5) is 0 Å². The van der Waals surface area contributed by atoms with Gasteiger partial charge in [-0.2, -0.15) is 0 Å². The quantitative estimate of drug-likeness (QED) is 0.922. The van der Waals surface area contributed by atoms with Crippen molar-refractivity contribution in [3.05, 3.63) is 65.2 Å². The Morgan fingerprint density at radius 3 is 2.77 bits per heavy atom. The zero-order chi connectivity index (χ0) is 14.9. The van der Waals surface area contributed by atoms with Crippen molar-refractivity contribution in [3.63, 3.8) is 0 Å². The summed E-state index contributed by atoms with van der Waals surface area (Å²) in [4.78, 5) is 2.62. The van der Waals surface area contributed by atoms with E-state index < -0.39 is 0 Å². The highest BCUT2D eigenvalue weighted by Gasteiger charge is 2.36. The summed E-state index contributed by atoms with van der Waals surface area (Å²) in [7, 11) is 1.78. The maximum absolute atomic E-state index is 5.71. The molecule has 0 unspecified atom stereocenters. The molecule has 0 amide bonds. The van der Waals surface area contributed by atoms with E-state index in [4.69, 9.17) is 4.74 Å². The maximum Gasteiger partial charge on any atom is 0.123 e. The molecule has 0 bridgehead atoms. The molecule has 1 saturated heterocycles. The first kappa shape index (κ1) is 13.8. The van der Waals surface area contributed by atoms with Crippen LogP contribution in [-0.2, 0) is 0 Å². The number of hydrogen-bond donors (Lipinski definition) is 1. The first-order valence-corrected chi connectivity index (χ1v) is 8.05. The van der Waals surface area contributed by atoms with Crippen molar-refractivity contribution in [3.8, 4) is 5.75 Å². The molecule has 0 spiro atoms. The number of rotatable bonds is 2. The van der Waals surface area contributed by atoms with Gasteiger partial charge in [0.2, 0.25) is 0 Å². The summed E-state index contributed by atoms with van der Waals surface area (Å²) in [6.07, 6.45) is 0. The summed E-state index contributed by atoms with van der Waals surface area (Å²) in [6, 6.07) is 17.8. The summed E-state index contributed by atoms with van der Waals surface area (Å²) in [5.41, 5.74) is 4.18. The number of fused-ring (bicyclic) bond motifs is 3. The van der Waals surface area contributed by atoms with Gasteiger partial charge in [-0.3, -0.25) is 4.90 Å². The third-order valence-corrected chi connectivity index (χ3v) is 5.00. The van der Waals surface area contributed by atoms with E-state index in [0.717, 1.165) is 31.9 Å². The van der Waals surface area contributed by atoms with Gasteiger partial charge < -0.3 is 10.1 Å². The molecule has 22 heavy (non-hydrogen) atoms. The van der Waals surface area contributed by atoms with E-state index in [0.29, 0.717) is 12.0 Å². The minimum absolute atomic E-state index is 0.390. The van der Waals surface area contributed by atoms with Crippen LogP contribution in [0.1, 0.15) is 28.7 Å². The van der Waals surface area contributed by atoms with Crippen molar-refractivity contribution < 1.29 is 4.74 Å². The fraction of sp³-hybridized carbons (Fsp3) is 0.368. The third-order valence-electron chi connectivity index (χ3n) is 5.00. The van der Waals surface area contributed by atoms with Crippen LogP contribution in [0.5, 0.6) is 5.75 Å². The van der Waals surface area contributed by atoms with Gasteiger partial charge in [0.15, 0.2) is 0 Å². The van der Waals surface area contributed by atoms with Crippen LogP contribution in [0, 0.1) is 0 Å². The highest BCUT2D eigenvalue weighted by Crippen LogP contribution is 2.44. The van der Waals surface area contributed by atoms with Crippen LogP contribution in [-0.4, -0.2) is 38.2 Å². The normalized spacial score (nSPS) is 24.4. The monoisotopic (exact) mass is 294 g/mol. The van der Waals surface area contributed by atoms with Crippen molar-refractivity contribution in [2.75, 3.05) is 33.3 Å². The number of piperazine rings is 1. The Morgan fingerprint density at radius 2 is 1.95 bits per heavy atom. The molecule has 2 aromatic rings. The molecule has 3 nitrogen and oxygen atoms in total. The van der Waals surface area contributed by atoms with Gasteiger partial charge in [-0.1, -0.05) is 42.5 Å². The van der Waals surface area contributed by atoms with Gasteiger partial charge in [0.25, 0.3) is 0 Å². The molecule has 4 rings (SSSR count). The first-order valence-electron chi connectivity index (χ1n) is 8.05. The van der Waals surface area contributed by atoms with E-state index in [1.165, 1.54) is 16.7 Å². The van der Waals surface area contributed by atoms with Crippen LogP contribution in [0.15, 0.2) is 48.5 Å². The SMILES string of the molecule is COc1cccc2c1[C@@H](c1ccccc1)CN1CCNC[C@H]21. The average molecular weight is 294 g/mol. The lowest BCUT2D eigenvalue weighted by Crippen LogP contribution is -2.50. The number of hydrogen-bond acceptors (Lipinski definition) is 3. The van der Waals surface area contributed by atoms with E-state index in [1.54, 1.807) is 7.11 Å². The molecule has 2 aliphatic heterocycles. The highest BCUT2D eigenvalue weighted by molar-refractivity contribution is 5.50. The molecular weight excluding hydrogens is 272 g/mol. The van der Waals surface area contributed by atoms with Crippen LogP contribution < -0.4 is 10.1 Å². The predicted molar refractivity (Wildman–Crippen MR) is 88.5 cm³/mol.